The predicted molar refractivity (Wildman–Crippen MR) is 64.3 cm³/mol. The van der Waals surface area contributed by atoms with Crippen LogP contribution in [0, 0.1) is 0 Å². The summed E-state index contributed by atoms with van der Waals surface area (Å²) >= 11 is 0. The number of benzene rings is 1. The summed E-state index contributed by atoms with van der Waals surface area (Å²) in [7, 11) is 0. The van der Waals surface area contributed by atoms with Gasteiger partial charge in [0.05, 0.1) is 12.7 Å². The van der Waals surface area contributed by atoms with Crippen LogP contribution in [0.3, 0.4) is 0 Å². The van der Waals surface area contributed by atoms with Gasteiger partial charge in [-0.15, -0.1) is 0 Å². The van der Waals surface area contributed by atoms with Crippen molar-refractivity contribution in [3.63, 3.8) is 0 Å². The minimum absolute atomic E-state index is 0.146. The van der Waals surface area contributed by atoms with Crippen LogP contribution in [0.1, 0.15) is 12.0 Å². The van der Waals surface area contributed by atoms with E-state index >= 15 is 0 Å². The smallest absolute Gasteiger partial charge is 0.293 e. The molecule has 0 radical (unpaired) electrons. The molecule has 1 aromatic rings. The van der Waals surface area contributed by atoms with E-state index in [1.54, 1.807) is 24.3 Å². The average molecular weight is 268 g/mol. The fraction of sp³-hybridized carbons (Fsp3) is 0.462. The van der Waals surface area contributed by atoms with Gasteiger partial charge in [0.15, 0.2) is 0 Å². The molecule has 6 heteroatoms. The van der Waals surface area contributed by atoms with E-state index in [2.05, 4.69) is 4.74 Å². The molecule has 1 saturated heterocycles. The Morgan fingerprint density at radius 3 is 2.68 bits per heavy atom. The van der Waals surface area contributed by atoms with Crippen molar-refractivity contribution in [2.24, 2.45) is 0 Å². The summed E-state index contributed by atoms with van der Waals surface area (Å²) in [6, 6.07) is 6.90. The third kappa shape index (κ3) is 3.92. The van der Waals surface area contributed by atoms with Gasteiger partial charge in [-0.2, -0.15) is 0 Å². The van der Waals surface area contributed by atoms with E-state index in [9.17, 15) is 15.0 Å². The van der Waals surface area contributed by atoms with E-state index < -0.39 is 18.5 Å². The largest absolute Gasteiger partial charge is 0.463 e. The second-order valence-corrected chi connectivity index (χ2v) is 4.33. The van der Waals surface area contributed by atoms with Gasteiger partial charge in [-0.1, -0.05) is 12.1 Å². The van der Waals surface area contributed by atoms with Gasteiger partial charge in [0, 0.05) is 6.42 Å². The molecule has 19 heavy (non-hydrogen) atoms. The molecule has 3 atom stereocenters. The normalized spacial score (nSPS) is 26.7. The minimum atomic E-state index is -0.859. The predicted octanol–water partition coefficient (Wildman–Crippen LogP) is 0.207. The second kappa shape index (κ2) is 6.51. The van der Waals surface area contributed by atoms with Crippen LogP contribution in [0.2, 0.25) is 0 Å². The lowest BCUT2D eigenvalue weighted by atomic mass is 10.1. The second-order valence-electron chi connectivity index (χ2n) is 4.33. The molecule has 3 unspecified atom stereocenters. The first-order chi connectivity index (χ1) is 9.19. The summed E-state index contributed by atoms with van der Waals surface area (Å²) in [5.74, 6) is 0.537. The van der Waals surface area contributed by atoms with Gasteiger partial charge >= 0.3 is 0 Å². The van der Waals surface area contributed by atoms with Crippen molar-refractivity contribution in [2.75, 3.05) is 6.61 Å². The lowest BCUT2D eigenvalue weighted by molar-refractivity contribution is -0.198. The zero-order chi connectivity index (χ0) is 13.7. The topological polar surface area (TPSA) is 85.2 Å². The number of rotatable bonds is 5. The number of hydrogen-bond acceptors (Lipinski definition) is 6. The lowest BCUT2D eigenvalue weighted by Crippen LogP contribution is -2.44. The van der Waals surface area contributed by atoms with Gasteiger partial charge in [0.2, 0.25) is 6.29 Å². The third-order valence-corrected chi connectivity index (χ3v) is 2.77. The molecule has 104 valence electrons. The molecule has 2 rings (SSSR count). The van der Waals surface area contributed by atoms with Crippen molar-refractivity contribution >= 4 is 6.47 Å². The zero-order valence-corrected chi connectivity index (χ0v) is 10.3. The third-order valence-electron chi connectivity index (χ3n) is 2.77. The number of carbonyl (C=O) groups excluding carboxylic acids is 1. The van der Waals surface area contributed by atoms with Crippen molar-refractivity contribution in [3.8, 4) is 5.75 Å². The van der Waals surface area contributed by atoms with Crippen LogP contribution in [0.15, 0.2) is 24.3 Å². The average Bonchev–Trinajstić information content (AvgIpc) is 2.41. The summed E-state index contributed by atoms with van der Waals surface area (Å²) < 4.78 is 15.3. The molecule has 0 aromatic heterocycles. The van der Waals surface area contributed by atoms with E-state index in [4.69, 9.17) is 9.47 Å². The maximum atomic E-state index is 10.1. The first kappa shape index (κ1) is 13.8. The molecule has 1 heterocycles. The fourth-order valence-corrected chi connectivity index (χ4v) is 1.82. The van der Waals surface area contributed by atoms with E-state index in [0.29, 0.717) is 12.2 Å². The molecule has 6 nitrogen and oxygen atoms in total. The summed E-state index contributed by atoms with van der Waals surface area (Å²) in [6.45, 7) is 0.744. The lowest BCUT2D eigenvalue weighted by Gasteiger charge is -2.31. The first-order valence-corrected chi connectivity index (χ1v) is 5.97. The Bertz CT molecular complexity index is 404. The highest BCUT2D eigenvalue weighted by Gasteiger charge is 2.30. The van der Waals surface area contributed by atoms with Crippen molar-refractivity contribution < 1.29 is 29.2 Å². The monoisotopic (exact) mass is 268 g/mol. The molecule has 0 spiro atoms. The zero-order valence-electron chi connectivity index (χ0n) is 10.3. The Kier molecular flexibility index (Phi) is 4.73. The summed E-state index contributed by atoms with van der Waals surface area (Å²) in [4.78, 5) is 10.1. The Morgan fingerprint density at radius 1 is 1.32 bits per heavy atom. The van der Waals surface area contributed by atoms with E-state index in [-0.39, 0.29) is 19.6 Å². The standard InChI is InChI=1S/C13H16O6/c14-8-17-6-9-1-3-11(4-2-9)19-13-12(16)5-10(15)7-18-13/h1-4,8,10,12-13,15-16H,5-7H2. The summed E-state index contributed by atoms with van der Waals surface area (Å²) in [5.41, 5.74) is 0.833. The Hall–Kier alpha value is -1.63. The van der Waals surface area contributed by atoms with Crippen molar-refractivity contribution in [1.29, 1.82) is 0 Å². The molecule has 0 saturated carbocycles. The Labute approximate surface area is 110 Å². The SMILES string of the molecule is O=COCc1ccc(OC2OCC(O)CC2O)cc1. The number of hydrogen-bond donors (Lipinski definition) is 2. The highest BCUT2D eigenvalue weighted by molar-refractivity contribution is 5.37. The molecule has 1 aromatic carbocycles. The molecular weight excluding hydrogens is 252 g/mol. The molecular formula is C13H16O6. The number of aliphatic hydroxyl groups is 2. The van der Waals surface area contributed by atoms with Gasteiger partial charge in [0.1, 0.15) is 18.5 Å². The maximum Gasteiger partial charge on any atom is 0.293 e. The highest BCUT2D eigenvalue weighted by atomic mass is 16.7. The van der Waals surface area contributed by atoms with Gasteiger partial charge in [-0.3, -0.25) is 4.79 Å². The van der Waals surface area contributed by atoms with Crippen LogP contribution < -0.4 is 4.74 Å². The highest BCUT2D eigenvalue weighted by Crippen LogP contribution is 2.20. The van der Waals surface area contributed by atoms with Crippen LogP contribution in [0.5, 0.6) is 5.75 Å². The molecule has 0 aliphatic carbocycles. The summed E-state index contributed by atoms with van der Waals surface area (Å²) in [6.07, 6.45) is -2.06. The van der Waals surface area contributed by atoms with E-state index in [1.165, 1.54) is 0 Å². The van der Waals surface area contributed by atoms with E-state index in [1.807, 2.05) is 0 Å². The maximum absolute atomic E-state index is 10.1. The van der Waals surface area contributed by atoms with Crippen LogP contribution in [-0.4, -0.2) is 41.8 Å². The van der Waals surface area contributed by atoms with Crippen LogP contribution in [-0.2, 0) is 20.9 Å². The number of aliphatic hydroxyl groups excluding tert-OH is 2. The quantitative estimate of drug-likeness (QED) is 0.742. The first-order valence-electron chi connectivity index (χ1n) is 5.97. The Balaban J connectivity index is 1.90. The Morgan fingerprint density at radius 2 is 2.05 bits per heavy atom. The van der Waals surface area contributed by atoms with E-state index in [0.717, 1.165) is 5.56 Å². The number of carbonyl (C=O) groups is 1. The minimum Gasteiger partial charge on any atom is -0.463 e. The molecule has 0 amide bonds. The summed E-state index contributed by atoms with van der Waals surface area (Å²) in [5, 5.41) is 19.0. The van der Waals surface area contributed by atoms with Crippen molar-refractivity contribution in [1.82, 2.24) is 0 Å². The molecule has 2 N–H and O–H groups in total. The van der Waals surface area contributed by atoms with Gasteiger partial charge in [0.25, 0.3) is 6.47 Å². The number of ether oxygens (including phenoxy) is 3. The molecule has 0 bridgehead atoms. The van der Waals surface area contributed by atoms with Crippen molar-refractivity contribution in [2.45, 2.75) is 31.5 Å². The van der Waals surface area contributed by atoms with Gasteiger partial charge in [-0.05, 0) is 17.7 Å². The van der Waals surface area contributed by atoms with Gasteiger partial charge < -0.3 is 24.4 Å². The fourth-order valence-electron chi connectivity index (χ4n) is 1.82. The van der Waals surface area contributed by atoms with Gasteiger partial charge in [-0.25, -0.2) is 0 Å². The van der Waals surface area contributed by atoms with Crippen molar-refractivity contribution in [3.05, 3.63) is 29.8 Å². The van der Waals surface area contributed by atoms with Crippen LogP contribution in [0.25, 0.3) is 0 Å². The molecule has 1 aliphatic heterocycles. The molecule has 1 fully saturated rings. The van der Waals surface area contributed by atoms with Crippen LogP contribution in [0.4, 0.5) is 0 Å². The van der Waals surface area contributed by atoms with Crippen LogP contribution >= 0.6 is 0 Å². The molecule has 1 aliphatic rings.